The average Bonchev–Trinajstić information content (AvgIpc) is 3.22. The quantitative estimate of drug-likeness (QED) is 0.262. The Morgan fingerprint density at radius 1 is 1.12 bits per heavy atom. The van der Waals surface area contributed by atoms with Gasteiger partial charge in [0.15, 0.2) is 18.9 Å². The molecule has 178 valence electrons. The summed E-state index contributed by atoms with van der Waals surface area (Å²) in [5.74, 6) is 0.952. The Hall–Kier alpha value is -2.64. The van der Waals surface area contributed by atoms with Gasteiger partial charge in [-0.05, 0) is 42.8 Å². The second kappa shape index (κ2) is 9.92. The maximum absolute atomic E-state index is 13.3. The molecule has 0 amide bonds. The van der Waals surface area contributed by atoms with Crippen LogP contribution in [-0.4, -0.2) is 42.7 Å². The lowest BCUT2D eigenvalue weighted by Crippen LogP contribution is -2.18. The lowest BCUT2D eigenvalue weighted by atomic mass is 10.2. The Bertz CT molecular complexity index is 1430. The predicted octanol–water partition coefficient (Wildman–Crippen LogP) is 6.10. The first kappa shape index (κ1) is 24.5. The van der Waals surface area contributed by atoms with E-state index in [2.05, 4.69) is 4.98 Å². The van der Waals surface area contributed by atoms with Crippen LogP contribution in [0.25, 0.3) is 26.3 Å². The number of ether oxygens (including phenoxy) is 2. The van der Waals surface area contributed by atoms with Crippen LogP contribution in [0.4, 0.5) is 0 Å². The molecule has 0 saturated heterocycles. The van der Waals surface area contributed by atoms with Gasteiger partial charge in [-0.2, -0.15) is 0 Å². The molecule has 4 aromatic rings. The van der Waals surface area contributed by atoms with Crippen molar-refractivity contribution >= 4 is 40.5 Å². The van der Waals surface area contributed by atoms with Gasteiger partial charge in [0.25, 0.3) is 5.56 Å². The molecule has 4 rings (SSSR count). The summed E-state index contributed by atoms with van der Waals surface area (Å²) in [4.78, 5) is 18.7. The summed E-state index contributed by atoms with van der Waals surface area (Å²) < 4.78 is 30.6. The minimum absolute atomic E-state index is 0.172. The highest BCUT2D eigenvalue weighted by Gasteiger charge is 2.16. The summed E-state index contributed by atoms with van der Waals surface area (Å²) in [5.41, 5.74) is 2.04. The Kier molecular flexibility index (Phi) is 7.14. The fourth-order valence-corrected chi connectivity index (χ4v) is 5.55. The summed E-state index contributed by atoms with van der Waals surface area (Å²) in [5, 5.41) is 0.657. The van der Waals surface area contributed by atoms with Gasteiger partial charge in [0.2, 0.25) is 0 Å². The Morgan fingerprint density at radius 3 is 2.53 bits per heavy atom. The van der Waals surface area contributed by atoms with E-state index in [0.717, 1.165) is 10.4 Å². The van der Waals surface area contributed by atoms with Crippen LogP contribution in [-0.2, 0) is 9.09 Å². The maximum atomic E-state index is 13.3. The number of thiophene rings is 1. The van der Waals surface area contributed by atoms with Crippen molar-refractivity contribution in [2.45, 2.75) is 13.0 Å². The minimum atomic E-state index is -2.62. The molecule has 0 bridgehead atoms. The van der Waals surface area contributed by atoms with Crippen LogP contribution < -0.4 is 15.0 Å². The molecule has 2 heterocycles. The first-order valence-electron chi connectivity index (χ1n) is 10.5. The van der Waals surface area contributed by atoms with Crippen molar-refractivity contribution in [3.05, 3.63) is 70.2 Å². The summed E-state index contributed by atoms with van der Waals surface area (Å²) in [6, 6.07) is 14.6. The lowest BCUT2D eigenvalue weighted by molar-refractivity contribution is 0.145. The zero-order valence-electron chi connectivity index (χ0n) is 19.1. The molecule has 7 nitrogen and oxygen atoms in total. The van der Waals surface area contributed by atoms with Crippen LogP contribution in [0.5, 0.6) is 11.5 Å². The van der Waals surface area contributed by atoms with Gasteiger partial charge in [-0.3, -0.25) is 13.9 Å². The van der Waals surface area contributed by atoms with E-state index in [1.807, 2.05) is 30.3 Å². The minimum Gasteiger partial charge on any atom is -0.493 e. The fraction of sp³-hybridized carbons (Fsp3) is 0.250. The number of aromatic nitrogens is 2. The number of benzene rings is 2. The smallest absolute Gasteiger partial charge is 0.275 e. The zero-order chi connectivity index (χ0) is 24.5. The van der Waals surface area contributed by atoms with Gasteiger partial charge in [-0.1, -0.05) is 23.7 Å². The fourth-order valence-electron chi connectivity index (χ4n) is 3.45. The molecule has 10 heteroatoms. The van der Waals surface area contributed by atoms with Crippen LogP contribution in [0.3, 0.4) is 0 Å². The molecule has 0 aliphatic carbocycles. The summed E-state index contributed by atoms with van der Waals surface area (Å²) in [6.07, 6.45) is 1.15. The van der Waals surface area contributed by atoms with Crippen molar-refractivity contribution in [2.24, 2.45) is 0 Å². The van der Waals surface area contributed by atoms with Gasteiger partial charge in [0.05, 0.1) is 24.4 Å². The largest absolute Gasteiger partial charge is 0.493 e. The molecule has 2 aromatic carbocycles. The van der Waals surface area contributed by atoms with E-state index in [-0.39, 0.29) is 18.3 Å². The van der Waals surface area contributed by atoms with Gasteiger partial charge < -0.3 is 14.0 Å². The van der Waals surface area contributed by atoms with Crippen molar-refractivity contribution in [1.82, 2.24) is 9.55 Å². The van der Waals surface area contributed by atoms with Gasteiger partial charge in [0, 0.05) is 29.3 Å². The molecule has 0 saturated carbocycles. The van der Waals surface area contributed by atoms with Crippen molar-refractivity contribution in [2.75, 3.05) is 27.0 Å². The zero-order valence-corrected chi connectivity index (χ0v) is 21.6. The normalized spacial score (nSPS) is 12.6. The second-order valence-electron chi connectivity index (χ2n) is 8.07. The highest BCUT2D eigenvalue weighted by molar-refractivity contribution is 7.57. The van der Waals surface area contributed by atoms with E-state index >= 15 is 0 Å². The monoisotopic (exact) mass is 518 g/mol. The van der Waals surface area contributed by atoms with Crippen molar-refractivity contribution in [3.63, 3.8) is 0 Å². The average molecular weight is 519 g/mol. The molecular formula is C24H24ClN2O5PS. The third-order valence-corrected chi connectivity index (χ3v) is 7.18. The number of fused-ring (bicyclic) bond motifs is 1. The molecule has 1 unspecified atom stereocenters. The van der Waals surface area contributed by atoms with Crippen LogP contribution >= 0.6 is 30.3 Å². The molecule has 0 fully saturated rings. The van der Waals surface area contributed by atoms with Gasteiger partial charge >= 0.3 is 0 Å². The van der Waals surface area contributed by atoms with E-state index in [1.165, 1.54) is 29.3 Å². The topological polar surface area (TPSA) is 79.7 Å². The standard InChI is InChI=1S/C24H24ClN2O5PS/c1-15(32-33(3,4)29)13-31-20-10-9-18(11-21(20)30-2)27-14-26-19-12-22(34-23(19)24(27)28)16-5-7-17(25)8-6-16/h5-12,14-15H,13H2,1-4H3. The van der Waals surface area contributed by atoms with E-state index in [4.69, 9.17) is 25.6 Å². The number of halogens is 1. The third-order valence-electron chi connectivity index (χ3n) is 4.90. The second-order valence-corrected chi connectivity index (χ2v) is 12.3. The van der Waals surface area contributed by atoms with Crippen molar-refractivity contribution in [3.8, 4) is 27.6 Å². The number of rotatable bonds is 8. The van der Waals surface area contributed by atoms with Crippen LogP contribution in [0.1, 0.15) is 6.92 Å². The molecule has 0 aliphatic heterocycles. The first-order valence-corrected chi connectivity index (χ1v) is 14.2. The lowest BCUT2D eigenvalue weighted by Gasteiger charge is -2.18. The molecule has 2 aromatic heterocycles. The highest BCUT2D eigenvalue weighted by atomic mass is 35.5. The molecule has 34 heavy (non-hydrogen) atoms. The Labute approximate surface area is 206 Å². The number of hydrogen-bond donors (Lipinski definition) is 0. The molecular weight excluding hydrogens is 495 g/mol. The van der Waals surface area contributed by atoms with Gasteiger partial charge in [0.1, 0.15) is 17.6 Å². The molecule has 0 N–H and O–H groups in total. The summed E-state index contributed by atoms with van der Waals surface area (Å²) in [6.45, 7) is 5.12. The van der Waals surface area contributed by atoms with E-state index in [0.29, 0.717) is 32.4 Å². The van der Waals surface area contributed by atoms with Crippen LogP contribution in [0, 0.1) is 0 Å². The summed E-state index contributed by atoms with van der Waals surface area (Å²) in [7, 11) is -1.09. The highest BCUT2D eigenvalue weighted by Crippen LogP contribution is 2.39. The van der Waals surface area contributed by atoms with Crippen molar-refractivity contribution in [1.29, 1.82) is 0 Å². The predicted molar refractivity (Wildman–Crippen MR) is 138 cm³/mol. The molecule has 0 radical (unpaired) electrons. The van der Waals surface area contributed by atoms with Gasteiger partial charge in [-0.25, -0.2) is 4.98 Å². The van der Waals surface area contributed by atoms with E-state index in [9.17, 15) is 9.36 Å². The Balaban J connectivity index is 1.62. The number of hydrogen-bond acceptors (Lipinski definition) is 7. The van der Waals surface area contributed by atoms with E-state index in [1.54, 1.807) is 38.5 Å². The SMILES string of the molecule is COc1cc(-n2cnc3cc(-c4ccc(Cl)cc4)sc3c2=O)ccc1OCC(C)OP(C)(C)=O. The van der Waals surface area contributed by atoms with E-state index < -0.39 is 7.37 Å². The van der Waals surface area contributed by atoms with Crippen molar-refractivity contribution < 1.29 is 18.6 Å². The van der Waals surface area contributed by atoms with Gasteiger partial charge in [-0.15, -0.1) is 11.3 Å². The maximum Gasteiger partial charge on any atom is 0.275 e. The summed E-state index contributed by atoms with van der Waals surface area (Å²) >= 11 is 7.38. The number of methoxy groups -OCH3 is 1. The van der Waals surface area contributed by atoms with Crippen LogP contribution in [0.15, 0.2) is 59.7 Å². The third kappa shape index (κ3) is 5.53. The Morgan fingerprint density at radius 2 is 1.85 bits per heavy atom. The first-order chi connectivity index (χ1) is 16.1. The van der Waals surface area contributed by atoms with Crippen LogP contribution in [0.2, 0.25) is 5.02 Å². The molecule has 0 spiro atoms. The number of nitrogens with zero attached hydrogens (tertiary/aromatic N) is 2. The molecule has 1 atom stereocenters. The molecule has 0 aliphatic rings.